The smallest absolute Gasteiger partial charge is 0.347 e. The van der Waals surface area contributed by atoms with E-state index in [1.807, 2.05) is 0 Å². The third kappa shape index (κ3) is 2.39. The van der Waals surface area contributed by atoms with Crippen molar-refractivity contribution < 1.29 is 19.3 Å². The molecule has 0 rings (SSSR count). The molecule has 8 nitrogen and oxygen atoms in total. The Hall–Kier alpha value is -1.22. The molecule has 8 heteroatoms. The number of carbonyl (C=O) groups excluding carboxylic acids is 2. The molecule has 0 aromatic carbocycles. The maximum absolute atomic E-state index is 12.2. The zero-order chi connectivity index (χ0) is 16.6. The molecule has 0 aromatic rings. The van der Waals surface area contributed by atoms with Crippen LogP contribution in [0, 0.1) is 10.8 Å². The van der Waals surface area contributed by atoms with Gasteiger partial charge in [0, 0.05) is 0 Å². The first-order valence-electron chi connectivity index (χ1n) is 6.12. The van der Waals surface area contributed by atoms with E-state index in [-0.39, 0.29) is 0 Å². The van der Waals surface area contributed by atoms with Crippen LogP contribution in [0.5, 0.6) is 0 Å². The first-order chi connectivity index (χ1) is 8.71. The van der Waals surface area contributed by atoms with E-state index in [2.05, 4.69) is 9.68 Å². The van der Waals surface area contributed by atoms with Gasteiger partial charge in [0.1, 0.15) is 0 Å². The highest BCUT2D eigenvalue weighted by atomic mass is 16.7. The van der Waals surface area contributed by atoms with Crippen molar-refractivity contribution in [2.75, 3.05) is 0 Å². The molecule has 0 aliphatic rings. The molecular formula is C12H26N4O4. The van der Waals surface area contributed by atoms with Crippen LogP contribution in [-0.4, -0.2) is 23.0 Å². The van der Waals surface area contributed by atoms with Crippen molar-refractivity contribution in [3.8, 4) is 0 Å². The van der Waals surface area contributed by atoms with Crippen molar-refractivity contribution in [2.45, 2.75) is 52.6 Å². The molecular weight excluding hydrogens is 264 g/mol. The third-order valence-corrected chi connectivity index (χ3v) is 3.85. The van der Waals surface area contributed by atoms with Gasteiger partial charge in [-0.3, -0.25) is 0 Å². The third-order valence-electron chi connectivity index (χ3n) is 3.85. The summed E-state index contributed by atoms with van der Waals surface area (Å²) in [6.07, 6.45) is 0. The van der Waals surface area contributed by atoms with Gasteiger partial charge < -0.3 is 21.1 Å². The molecule has 8 N–H and O–H groups in total. The van der Waals surface area contributed by atoms with Gasteiger partial charge in [-0.25, -0.2) is 9.59 Å². The maximum Gasteiger partial charge on any atom is 0.347 e. The molecule has 0 aromatic heterocycles. The summed E-state index contributed by atoms with van der Waals surface area (Å²) in [5.41, 5.74) is 6.64. The molecule has 0 amide bonds. The van der Waals surface area contributed by atoms with E-state index in [1.165, 1.54) is 0 Å². The molecule has 0 fully saturated rings. The van der Waals surface area contributed by atoms with E-state index in [9.17, 15) is 9.59 Å². The zero-order valence-corrected chi connectivity index (χ0v) is 12.9. The normalized spacial score (nSPS) is 18.7. The average Bonchev–Trinajstić information content (AvgIpc) is 2.31. The van der Waals surface area contributed by atoms with Gasteiger partial charge in [-0.2, -0.15) is 11.8 Å². The number of nitrogens with two attached hydrogens (primary N) is 4. The molecule has 0 radical (unpaired) electrons. The second-order valence-corrected chi connectivity index (χ2v) is 6.93. The average molecular weight is 290 g/mol. The van der Waals surface area contributed by atoms with Crippen LogP contribution in [0.15, 0.2) is 0 Å². The van der Waals surface area contributed by atoms with Gasteiger partial charge in [-0.1, -0.05) is 41.5 Å². The molecule has 20 heavy (non-hydrogen) atoms. The van der Waals surface area contributed by atoms with Crippen LogP contribution in [0.25, 0.3) is 0 Å². The van der Waals surface area contributed by atoms with E-state index in [1.54, 1.807) is 41.5 Å². The van der Waals surface area contributed by atoms with Crippen LogP contribution in [0.3, 0.4) is 0 Å². The molecule has 0 saturated carbocycles. The van der Waals surface area contributed by atoms with E-state index in [4.69, 9.17) is 23.3 Å². The second-order valence-electron chi connectivity index (χ2n) is 6.93. The standard InChI is InChI=1S/C12H26N4O4/c1-9(2,3)11(13,7(17)19-15)12(14,8(18)20-16)10(4,5)6/h13-16H2,1-6H3/t11-,12?/m0/s1. The number of hydrogen-bond acceptors (Lipinski definition) is 8. The molecule has 0 bridgehead atoms. The summed E-state index contributed by atoms with van der Waals surface area (Å²) in [4.78, 5) is 33.0. The predicted octanol–water partition coefficient (Wildman–Crippen LogP) is -0.693. The molecule has 0 spiro atoms. The molecule has 0 saturated heterocycles. The van der Waals surface area contributed by atoms with Gasteiger partial charge in [0.05, 0.1) is 0 Å². The van der Waals surface area contributed by atoms with Crippen LogP contribution < -0.4 is 23.3 Å². The summed E-state index contributed by atoms with van der Waals surface area (Å²) in [6, 6.07) is 0. The minimum absolute atomic E-state index is 0.959. The predicted molar refractivity (Wildman–Crippen MR) is 73.3 cm³/mol. The van der Waals surface area contributed by atoms with Crippen molar-refractivity contribution in [2.24, 2.45) is 34.1 Å². The van der Waals surface area contributed by atoms with Crippen LogP contribution in [-0.2, 0) is 19.3 Å². The monoisotopic (exact) mass is 290 g/mol. The van der Waals surface area contributed by atoms with E-state index < -0.39 is 33.8 Å². The van der Waals surface area contributed by atoms with Crippen LogP contribution in [0.4, 0.5) is 0 Å². The Morgan fingerprint density at radius 2 is 0.900 bits per heavy atom. The van der Waals surface area contributed by atoms with Crippen molar-refractivity contribution in [1.82, 2.24) is 0 Å². The summed E-state index contributed by atoms with van der Waals surface area (Å²) < 4.78 is 0. The topological polar surface area (TPSA) is 157 Å². The molecule has 0 heterocycles. The van der Waals surface area contributed by atoms with Gasteiger partial charge in [-0.05, 0) is 10.8 Å². The van der Waals surface area contributed by atoms with Crippen molar-refractivity contribution in [3.63, 3.8) is 0 Å². The minimum Gasteiger partial charge on any atom is -0.372 e. The van der Waals surface area contributed by atoms with E-state index in [0.717, 1.165) is 0 Å². The Morgan fingerprint density at radius 3 is 1.00 bits per heavy atom. The summed E-state index contributed by atoms with van der Waals surface area (Å²) >= 11 is 0. The lowest BCUT2D eigenvalue weighted by molar-refractivity contribution is -0.178. The largest absolute Gasteiger partial charge is 0.372 e. The van der Waals surface area contributed by atoms with E-state index in [0.29, 0.717) is 0 Å². The lowest BCUT2D eigenvalue weighted by atomic mass is 9.54. The van der Waals surface area contributed by atoms with Gasteiger partial charge in [0.2, 0.25) is 0 Å². The summed E-state index contributed by atoms with van der Waals surface area (Å²) in [6.45, 7) is 9.84. The SMILES string of the molecule is CC(C)(C)C(N)(C(=O)ON)[C@](N)(C(=O)ON)C(C)(C)C. The number of rotatable bonds is 3. The molecule has 0 aliphatic heterocycles. The summed E-state index contributed by atoms with van der Waals surface area (Å²) in [5, 5.41) is 0. The number of carbonyl (C=O) groups is 2. The lowest BCUT2D eigenvalue weighted by Gasteiger charge is -2.53. The minimum atomic E-state index is -1.95. The fourth-order valence-electron chi connectivity index (χ4n) is 2.30. The van der Waals surface area contributed by atoms with Crippen molar-refractivity contribution in [1.29, 1.82) is 0 Å². The maximum atomic E-state index is 12.2. The molecule has 118 valence electrons. The highest BCUT2D eigenvalue weighted by Gasteiger charge is 2.69. The first kappa shape index (κ1) is 18.8. The van der Waals surface area contributed by atoms with Crippen LogP contribution in [0.1, 0.15) is 41.5 Å². The highest BCUT2D eigenvalue weighted by Crippen LogP contribution is 2.45. The molecule has 1 unspecified atom stereocenters. The Kier molecular flexibility index (Phi) is 4.96. The Labute approximate surface area is 119 Å². The zero-order valence-electron chi connectivity index (χ0n) is 12.9. The Bertz CT molecular complexity index is 361. The fourth-order valence-corrected chi connectivity index (χ4v) is 2.30. The lowest BCUT2D eigenvalue weighted by Crippen LogP contribution is -2.83. The van der Waals surface area contributed by atoms with Gasteiger partial charge >= 0.3 is 11.9 Å². The summed E-state index contributed by atoms with van der Waals surface area (Å²) in [5.74, 6) is 7.89. The van der Waals surface area contributed by atoms with Crippen LogP contribution >= 0.6 is 0 Å². The van der Waals surface area contributed by atoms with Gasteiger partial charge in [0.15, 0.2) is 11.1 Å². The summed E-state index contributed by atoms with van der Waals surface area (Å²) in [7, 11) is 0. The molecule has 2 atom stereocenters. The highest BCUT2D eigenvalue weighted by molar-refractivity contribution is 5.95. The number of hydrogen-bond donors (Lipinski definition) is 4. The van der Waals surface area contributed by atoms with Gasteiger partial charge in [0.25, 0.3) is 0 Å². The fraction of sp³-hybridized carbons (Fsp3) is 0.833. The quantitative estimate of drug-likeness (QED) is 0.497. The van der Waals surface area contributed by atoms with Crippen molar-refractivity contribution in [3.05, 3.63) is 0 Å². The molecule has 0 aliphatic carbocycles. The van der Waals surface area contributed by atoms with Gasteiger partial charge in [-0.15, -0.1) is 0 Å². The Morgan fingerprint density at radius 1 is 0.700 bits per heavy atom. The second kappa shape index (κ2) is 5.28. The first-order valence-corrected chi connectivity index (χ1v) is 6.12. The van der Waals surface area contributed by atoms with Crippen LogP contribution in [0.2, 0.25) is 0 Å². The Balaban J connectivity index is 6.51. The van der Waals surface area contributed by atoms with E-state index >= 15 is 0 Å². The van der Waals surface area contributed by atoms with Crippen molar-refractivity contribution >= 4 is 11.9 Å².